The van der Waals surface area contributed by atoms with Crippen LogP contribution in [0.2, 0.25) is 5.02 Å². The Morgan fingerprint density at radius 1 is 0.882 bits per heavy atom. The number of piperazine rings is 1. The molecule has 0 atom stereocenters. The fourth-order valence-electron chi connectivity index (χ4n) is 4.06. The highest BCUT2D eigenvalue weighted by Crippen LogP contribution is 2.27. The zero-order chi connectivity index (χ0) is 23.3. The number of nitrogens with zero attached hydrogens (tertiary/aromatic N) is 4. The molecule has 7 heteroatoms. The molecule has 0 aliphatic carbocycles. The van der Waals surface area contributed by atoms with Crippen LogP contribution in [0.3, 0.4) is 0 Å². The summed E-state index contributed by atoms with van der Waals surface area (Å²) in [7, 11) is 0. The van der Waals surface area contributed by atoms with Gasteiger partial charge in [0.25, 0.3) is 0 Å². The summed E-state index contributed by atoms with van der Waals surface area (Å²) >= 11 is 6.13. The average molecular weight is 471 g/mol. The second kappa shape index (κ2) is 9.90. The van der Waals surface area contributed by atoms with Crippen LogP contribution in [0.5, 0.6) is 5.75 Å². The van der Waals surface area contributed by atoms with Crippen LogP contribution >= 0.6 is 11.6 Å². The maximum Gasteiger partial charge on any atom is 0.236 e. The molecular formula is C27H23ClN4O2. The molecule has 0 saturated carbocycles. The van der Waals surface area contributed by atoms with Crippen molar-refractivity contribution < 1.29 is 9.15 Å². The molecule has 2 heterocycles. The molecule has 1 fully saturated rings. The van der Waals surface area contributed by atoms with E-state index in [0.29, 0.717) is 17.5 Å². The van der Waals surface area contributed by atoms with Crippen LogP contribution in [0, 0.1) is 11.3 Å². The van der Waals surface area contributed by atoms with Gasteiger partial charge < -0.3 is 19.0 Å². The standard InChI is InChI=1S/C27H23ClN4O2/c28-22-7-4-8-23(17-22)31-13-15-32(16-14-31)27-25(18-29)30-26(34-27)19-33-24-11-9-21(10-12-24)20-5-2-1-3-6-20/h1-12,17H,13-16,19H2. The Bertz CT molecular complexity index is 1290. The lowest BCUT2D eigenvalue weighted by molar-refractivity contribution is 0.263. The Hall–Kier alpha value is -3.95. The Kier molecular flexibility index (Phi) is 6.37. The third-order valence-electron chi connectivity index (χ3n) is 5.82. The number of oxazole rings is 1. The number of nitriles is 1. The smallest absolute Gasteiger partial charge is 0.236 e. The van der Waals surface area contributed by atoms with Crippen molar-refractivity contribution in [3.63, 3.8) is 0 Å². The van der Waals surface area contributed by atoms with Gasteiger partial charge in [0.15, 0.2) is 6.61 Å². The largest absolute Gasteiger partial charge is 0.484 e. The minimum atomic E-state index is 0.155. The van der Waals surface area contributed by atoms with Crippen LogP contribution in [0.15, 0.2) is 83.3 Å². The molecule has 0 radical (unpaired) electrons. The van der Waals surface area contributed by atoms with Gasteiger partial charge in [-0.1, -0.05) is 60.1 Å². The van der Waals surface area contributed by atoms with Gasteiger partial charge in [-0.2, -0.15) is 10.2 Å². The van der Waals surface area contributed by atoms with Gasteiger partial charge in [-0.15, -0.1) is 0 Å². The second-order valence-electron chi connectivity index (χ2n) is 8.01. The number of halogens is 1. The molecule has 0 amide bonds. The van der Waals surface area contributed by atoms with Crippen LogP contribution in [0.4, 0.5) is 11.6 Å². The highest BCUT2D eigenvalue weighted by atomic mass is 35.5. The van der Waals surface area contributed by atoms with Crippen LogP contribution in [-0.4, -0.2) is 31.2 Å². The number of hydrogen-bond acceptors (Lipinski definition) is 6. The second-order valence-corrected chi connectivity index (χ2v) is 8.44. The minimum Gasteiger partial charge on any atom is -0.484 e. The fraction of sp³-hybridized carbons (Fsp3) is 0.185. The molecule has 0 spiro atoms. The lowest BCUT2D eigenvalue weighted by Crippen LogP contribution is -2.46. The highest BCUT2D eigenvalue weighted by molar-refractivity contribution is 6.30. The molecular weight excluding hydrogens is 448 g/mol. The molecule has 0 unspecified atom stereocenters. The molecule has 4 aromatic rings. The summed E-state index contributed by atoms with van der Waals surface area (Å²) in [5, 5.41) is 10.3. The Morgan fingerprint density at radius 2 is 1.59 bits per heavy atom. The number of anilines is 2. The summed E-state index contributed by atoms with van der Waals surface area (Å²) in [6, 6.07) is 28.1. The monoisotopic (exact) mass is 470 g/mol. The Balaban J connectivity index is 1.21. The summed E-state index contributed by atoms with van der Waals surface area (Å²) < 4.78 is 11.8. The summed E-state index contributed by atoms with van der Waals surface area (Å²) in [6.07, 6.45) is 0. The quantitative estimate of drug-likeness (QED) is 0.356. The van der Waals surface area contributed by atoms with E-state index < -0.39 is 0 Å². The molecule has 34 heavy (non-hydrogen) atoms. The third kappa shape index (κ3) is 4.85. The summed E-state index contributed by atoms with van der Waals surface area (Å²) in [5.41, 5.74) is 3.65. The van der Waals surface area contributed by atoms with Gasteiger partial charge in [0.2, 0.25) is 17.5 Å². The number of benzene rings is 3. The molecule has 3 aromatic carbocycles. The number of aromatic nitrogens is 1. The minimum absolute atomic E-state index is 0.155. The molecule has 0 bridgehead atoms. The van der Waals surface area contributed by atoms with Crippen molar-refractivity contribution in [1.29, 1.82) is 5.26 Å². The van der Waals surface area contributed by atoms with Crippen molar-refractivity contribution in [2.24, 2.45) is 0 Å². The first-order valence-corrected chi connectivity index (χ1v) is 11.5. The molecule has 6 nitrogen and oxygen atoms in total. The van der Waals surface area contributed by atoms with E-state index in [1.807, 2.05) is 60.7 Å². The number of rotatable bonds is 6. The van der Waals surface area contributed by atoms with E-state index in [2.05, 4.69) is 39.1 Å². The van der Waals surface area contributed by atoms with Crippen molar-refractivity contribution in [3.05, 3.63) is 95.5 Å². The van der Waals surface area contributed by atoms with Gasteiger partial charge in [0.05, 0.1) is 0 Å². The number of hydrogen-bond donors (Lipinski definition) is 0. The SMILES string of the molecule is N#Cc1nc(COc2ccc(-c3ccccc3)cc2)oc1N1CCN(c2cccc(Cl)c2)CC1. The van der Waals surface area contributed by atoms with E-state index in [0.717, 1.165) is 48.0 Å². The summed E-state index contributed by atoms with van der Waals surface area (Å²) in [5.74, 6) is 1.61. The van der Waals surface area contributed by atoms with Crippen LogP contribution < -0.4 is 14.5 Å². The first-order chi connectivity index (χ1) is 16.7. The highest BCUT2D eigenvalue weighted by Gasteiger charge is 2.24. The van der Waals surface area contributed by atoms with Crippen LogP contribution in [-0.2, 0) is 6.61 Å². The first kappa shape index (κ1) is 21.9. The summed E-state index contributed by atoms with van der Waals surface area (Å²) in [4.78, 5) is 8.68. The molecule has 170 valence electrons. The molecule has 0 N–H and O–H groups in total. The van der Waals surface area contributed by atoms with E-state index in [1.54, 1.807) is 0 Å². The van der Waals surface area contributed by atoms with Crippen LogP contribution in [0.25, 0.3) is 11.1 Å². The van der Waals surface area contributed by atoms with E-state index in [1.165, 1.54) is 0 Å². The van der Waals surface area contributed by atoms with Crippen molar-refractivity contribution >= 4 is 23.2 Å². The van der Waals surface area contributed by atoms with Gasteiger partial charge in [-0.3, -0.25) is 0 Å². The van der Waals surface area contributed by atoms with Crippen LogP contribution in [0.1, 0.15) is 11.6 Å². The molecule has 1 aromatic heterocycles. The predicted molar refractivity (Wildman–Crippen MR) is 133 cm³/mol. The fourth-order valence-corrected chi connectivity index (χ4v) is 4.25. The molecule has 1 saturated heterocycles. The zero-order valence-electron chi connectivity index (χ0n) is 18.5. The molecule has 1 aliphatic heterocycles. The maximum atomic E-state index is 9.58. The van der Waals surface area contributed by atoms with Gasteiger partial charge in [-0.05, 0) is 41.5 Å². The Morgan fingerprint density at radius 3 is 2.29 bits per heavy atom. The summed E-state index contributed by atoms with van der Waals surface area (Å²) in [6.45, 7) is 3.19. The van der Waals surface area contributed by atoms with Crippen molar-refractivity contribution in [1.82, 2.24) is 4.98 Å². The zero-order valence-corrected chi connectivity index (χ0v) is 19.3. The lowest BCUT2D eigenvalue weighted by Gasteiger charge is -2.35. The van der Waals surface area contributed by atoms with E-state index >= 15 is 0 Å². The van der Waals surface area contributed by atoms with E-state index in [-0.39, 0.29) is 12.3 Å². The predicted octanol–water partition coefficient (Wildman–Crippen LogP) is 5.77. The normalized spacial score (nSPS) is 13.5. The van der Waals surface area contributed by atoms with Crippen molar-refractivity contribution in [2.45, 2.75) is 6.61 Å². The molecule has 5 rings (SSSR count). The lowest BCUT2D eigenvalue weighted by atomic mass is 10.1. The van der Waals surface area contributed by atoms with E-state index in [9.17, 15) is 5.26 Å². The first-order valence-electron chi connectivity index (χ1n) is 11.1. The average Bonchev–Trinajstić information content (AvgIpc) is 3.32. The van der Waals surface area contributed by atoms with Gasteiger partial charge in [0.1, 0.15) is 11.8 Å². The maximum absolute atomic E-state index is 9.58. The van der Waals surface area contributed by atoms with Crippen molar-refractivity contribution in [2.75, 3.05) is 36.0 Å². The third-order valence-corrected chi connectivity index (χ3v) is 6.06. The Labute approximate surface area is 203 Å². The molecule has 1 aliphatic rings. The van der Waals surface area contributed by atoms with E-state index in [4.69, 9.17) is 20.8 Å². The van der Waals surface area contributed by atoms with Gasteiger partial charge in [-0.25, -0.2) is 0 Å². The van der Waals surface area contributed by atoms with Gasteiger partial charge >= 0.3 is 0 Å². The van der Waals surface area contributed by atoms with Gasteiger partial charge in [0, 0.05) is 36.9 Å². The number of ether oxygens (including phenoxy) is 1. The topological polar surface area (TPSA) is 65.5 Å². The van der Waals surface area contributed by atoms with Crippen molar-refractivity contribution in [3.8, 4) is 22.9 Å².